The zero-order valence-electron chi connectivity index (χ0n) is 14.7. The van der Waals surface area contributed by atoms with E-state index < -0.39 is 0 Å². The number of hydrogen-bond donors (Lipinski definition) is 1. The molecule has 5 nitrogen and oxygen atoms in total. The third-order valence-electron chi connectivity index (χ3n) is 4.12. The number of likely N-dealkylation sites (N-methyl/N-ethyl adjacent to an activating group) is 1. The van der Waals surface area contributed by atoms with Gasteiger partial charge in [0.05, 0.1) is 13.7 Å². The number of anilines is 1. The maximum atomic E-state index is 12.8. The van der Waals surface area contributed by atoms with E-state index in [-0.39, 0.29) is 18.4 Å². The highest BCUT2D eigenvalue weighted by atomic mass is 16.5. The van der Waals surface area contributed by atoms with Crippen LogP contribution in [-0.4, -0.2) is 37.4 Å². The van der Waals surface area contributed by atoms with Gasteiger partial charge in [-0.05, 0) is 41.1 Å². The van der Waals surface area contributed by atoms with E-state index in [2.05, 4.69) is 5.32 Å². The minimum absolute atomic E-state index is 0.0336. The summed E-state index contributed by atoms with van der Waals surface area (Å²) in [5.41, 5.74) is 1.24. The lowest BCUT2D eigenvalue weighted by Crippen LogP contribution is -2.35. The molecule has 0 fully saturated rings. The third kappa shape index (κ3) is 3.83. The predicted octanol–water partition coefficient (Wildman–Crippen LogP) is 3.56. The maximum Gasteiger partial charge on any atom is 0.254 e. The average Bonchev–Trinajstić information content (AvgIpc) is 2.67. The summed E-state index contributed by atoms with van der Waals surface area (Å²) in [4.78, 5) is 26.4. The van der Waals surface area contributed by atoms with Crippen LogP contribution in [0.4, 0.5) is 5.69 Å². The first-order chi connectivity index (χ1) is 12.6. The highest BCUT2D eigenvalue weighted by molar-refractivity contribution is 6.08. The standard InChI is InChI=1S/C21H20N2O3/c1-23(14-20(24)22-16-10-12-17(26-2)13-11-16)21(25)19-9-5-7-15-6-3-4-8-18(15)19/h3-13H,14H2,1-2H3,(H,22,24). The molecule has 26 heavy (non-hydrogen) atoms. The molecule has 0 spiro atoms. The van der Waals surface area contributed by atoms with Gasteiger partial charge in [0.2, 0.25) is 5.91 Å². The fourth-order valence-corrected chi connectivity index (χ4v) is 2.78. The van der Waals surface area contributed by atoms with Crippen LogP contribution in [0.5, 0.6) is 5.75 Å². The van der Waals surface area contributed by atoms with Gasteiger partial charge < -0.3 is 15.0 Å². The number of nitrogens with zero attached hydrogens (tertiary/aromatic N) is 1. The van der Waals surface area contributed by atoms with E-state index in [1.165, 1.54) is 4.90 Å². The molecule has 0 aliphatic carbocycles. The lowest BCUT2D eigenvalue weighted by atomic mass is 10.0. The van der Waals surface area contributed by atoms with Crippen LogP contribution in [0, 0.1) is 0 Å². The molecule has 0 bridgehead atoms. The van der Waals surface area contributed by atoms with Crippen molar-refractivity contribution in [1.82, 2.24) is 4.90 Å². The fourth-order valence-electron chi connectivity index (χ4n) is 2.78. The number of ether oxygens (including phenoxy) is 1. The average molecular weight is 348 g/mol. The number of nitrogens with one attached hydrogen (secondary N) is 1. The Balaban J connectivity index is 1.69. The van der Waals surface area contributed by atoms with E-state index >= 15 is 0 Å². The van der Waals surface area contributed by atoms with E-state index in [0.29, 0.717) is 17.0 Å². The summed E-state index contributed by atoms with van der Waals surface area (Å²) < 4.78 is 5.09. The molecular weight excluding hydrogens is 328 g/mol. The summed E-state index contributed by atoms with van der Waals surface area (Å²) in [6.45, 7) is -0.0336. The van der Waals surface area contributed by atoms with Crippen molar-refractivity contribution in [2.45, 2.75) is 0 Å². The summed E-state index contributed by atoms with van der Waals surface area (Å²) in [7, 11) is 3.21. The lowest BCUT2D eigenvalue weighted by Gasteiger charge is -2.18. The number of carbonyl (C=O) groups excluding carboxylic acids is 2. The molecule has 1 N–H and O–H groups in total. The molecule has 5 heteroatoms. The van der Waals surface area contributed by atoms with Crippen LogP contribution in [0.3, 0.4) is 0 Å². The zero-order chi connectivity index (χ0) is 18.5. The first kappa shape index (κ1) is 17.5. The van der Waals surface area contributed by atoms with Crippen LogP contribution in [0.25, 0.3) is 10.8 Å². The largest absolute Gasteiger partial charge is 0.497 e. The second-order valence-corrected chi connectivity index (χ2v) is 5.96. The van der Waals surface area contributed by atoms with E-state index in [9.17, 15) is 9.59 Å². The molecule has 3 aromatic rings. The van der Waals surface area contributed by atoms with Gasteiger partial charge in [-0.3, -0.25) is 9.59 Å². The quantitative estimate of drug-likeness (QED) is 0.767. The van der Waals surface area contributed by atoms with Crippen LogP contribution >= 0.6 is 0 Å². The molecular formula is C21H20N2O3. The van der Waals surface area contributed by atoms with Gasteiger partial charge in [-0.15, -0.1) is 0 Å². The first-order valence-corrected chi connectivity index (χ1v) is 8.25. The first-order valence-electron chi connectivity index (χ1n) is 8.25. The van der Waals surface area contributed by atoms with Crippen LogP contribution < -0.4 is 10.1 Å². The van der Waals surface area contributed by atoms with E-state index in [4.69, 9.17) is 4.74 Å². The molecule has 3 aromatic carbocycles. The van der Waals surface area contributed by atoms with Crippen molar-refractivity contribution in [2.75, 3.05) is 26.0 Å². The summed E-state index contributed by atoms with van der Waals surface area (Å²) in [5, 5.41) is 4.65. The second-order valence-electron chi connectivity index (χ2n) is 5.96. The third-order valence-corrected chi connectivity index (χ3v) is 4.12. The molecule has 0 aliphatic rings. The topological polar surface area (TPSA) is 58.6 Å². The highest BCUT2D eigenvalue weighted by Gasteiger charge is 2.17. The Hall–Kier alpha value is -3.34. The van der Waals surface area contributed by atoms with Crippen LogP contribution in [-0.2, 0) is 4.79 Å². The Morgan fingerprint density at radius 1 is 0.962 bits per heavy atom. The van der Waals surface area contributed by atoms with Gasteiger partial charge in [0.1, 0.15) is 5.75 Å². The number of benzene rings is 3. The number of hydrogen-bond acceptors (Lipinski definition) is 3. The van der Waals surface area contributed by atoms with Crippen molar-refractivity contribution < 1.29 is 14.3 Å². The van der Waals surface area contributed by atoms with E-state index in [1.54, 1.807) is 44.5 Å². The van der Waals surface area contributed by atoms with Crippen molar-refractivity contribution in [3.8, 4) is 5.75 Å². The Bertz CT molecular complexity index is 930. The summed E-state index contributed by atoms with van der Waals surface area (Å²) in [6, 6.07) is 20.3. The van der Waals surface area contributed by atoms with E-state index in [0.717, 1.165) is 10.8 Å². The summed E-state index contributed by atoms with van der Waals surface area (Å²) in [5.74, 6) is 0.268. The molecule has 0 saturated heterocycles. The Kier molecular flexibility index (Phi) is 5.17. The number of rotatable bonds is 5. The molecule has 0 aliphatic heterocycles. The Morgan fingerprint density at radius 2 is 1.65 bits per heavy atom. The number of methoxy groups -OCH3 is 1. The van der Waals surface area contributed by atoms with Crippen molar-refractivity contribution in [3.63, 3.8) is 0 Å². The van der Waals surface area contributed by atoms with E-state index in [1.807, 2.05) is 36.4 Å². The van der Waals surface area contributed by atoms with Crippen molar-refractivity contribution in [1.29, 1.82) is 0 Å². The molecule has 0 aromatic heterocycles. The molecule has 0 atom stereocenters. The normalized spacial score (nSPS) is 10.4. The SMILES string of the molecule is COc1ccc(NC(=O)CN(C)C(=O)c2cccc3ccccc23)cc1. The molecule has 132 valence electrons. The minimum atomic E-state index is -0.258. The van der Waals surface area contributed by atoms with Gasteiger partial charge in [-0.1, -0.05) is 36.4 Å². The molecule has 0 radical (unpaired) electrons. The summed E-state index contributed by atoms with van der Waals surface area (Å²) >= 11 is 0. The smallest absolute Gasteiger partial charge is 0.254 e. The lowest BCUT2D eigenvalue weighted by molar-refractivity contribution is -0.116. The zero-order valence-corrected chi connectivity index (χ0v) is 14.7. The molecule has 0 saturated carbocycles. The van der Waals surface area contributed by atoms with Gasteiger partial charge in [-0.2, -0.15) is 0 Å². The van der Waals surface area contributed by atoms with Crippen LogP contribution in [0.1, 0.15) is 10.4 Å². The van der Waals surface area contributed by atoms with Crippen molar-refractivity contribution >= 4 is 28.3 Å². The minimum Gasteiger partial charge on any atom is -0.497 e. The second kappa shape index (κ2) is 7.70. The number of carbonyl (C=O) groups is 2. The monoisotopic (exact) mass is 348 g/mol. The van der Waals surface area contributed by atoms with Crippen molar-refractivity contribution in [3.05, 3.63) is 72.3 Å². The van der Waals surface area contributed by atoms with Gasteiger partial charge in [0.25, 0.3) is 5.91 Å². The van der Waals surface area contributed by atoms with Crippen molar-refractivity contribution in [2.24, 2.45) is 0 Å². The van der Waals surface area contributed by atoms with Gasteiger partial charge in [-0.25, -0.2) is 0 Å². The predicted molar refractivity (Wildman–Crippen MR) is 103 cm³/mol. The molecule has 0 heterocycles. The number of amides is 2. The fraction of sp³-hybridized carbons (Fsp3) is 0.143. The molecule has 3 rings (SSSR count). The molecule has 2 amide bonds. The Labute approximate surface area is 152 Å². The van der Waals surface area contributed by atoms with Gasteiger partial charge >= 0.3 is 0 Å². The molecule has 0 unspecified atom stereocenters. The summed E-state index contributed by atoms with van der Waals surface area (Å²) in [6.07, 6.45) is 0. The maximum absolute atomic E-state index is 12.8. The van der Waals surface area contributed by atoms with Crippen LogP contribution in [0.2, 0.25) is 0 Å². The van der Waals surface area contributed by atoms with Crippen LogP contribution in [0.15, 0.2) is 66.7 Å². The highest BCUT2D eigenvalue weighted by Crippen LogP contribution is 2.20. The Morgan fingerprint density at radius 3 is 2.38 bits per heavy atom. The van der Waals surface area contributed by atoms with Gasteiger partial charge in [0.15, 0.2) is 0 Å². The number of fused-ring (bicyclic) bond motifs is 1. The van der Waals surface area contributed by atoms with Gasteiger partial charge in [0, 0.05) is 18.3 Å².